The Hall–Kier alpha value is -6.23. The maximum Gasteiger partial charge on any atom is 0.327 e. The van der Waals surface area contributed by atoms with Gasteiger partial charge in [-0.15, -0.1) is 0 Å². The van der Waals surface area contributed by atoms with E-state index in [1.165, 1.54) is 20.9 Å². The van der Waals surface area contributed by atoms with E-state index in [2.05, 4.69) is 5.32 Å². The summed E-state index contributed by atoms with van der Waals surface area (Å²) in [7, 11) is 4.89. The molecule has 8 unspecified atom stereocenters. The number of hydrogen-bond donors (Lipinski definition) is 2. The Labute approximate surface area is 396 Å². The number of hydrogen-bond acceptors (Lipinski definition) is 12. The van der Waals surface area contributed by atoms with Crippen molar-refractivity contribution in [1.29, 1.82) is 0 Å². The largest absolute Gasteiger partial charge is 0.460 e. The molecule has 4 aromatic carbocycles. The molecule has 8 atom stereocenters. The molecule has 0 radical (unpaired) electrons. The Balaban J connectivity index is 1.17. The molecule has 1 saturated carbocycles. The van der Waals surface area contributed by atoms with E-state index in [-0.39, 0.29) is 38.1 Å². The van der Waals surface area contributed by atoms with Crippen molar-refractivity contribution in [2.45, 2.75) is 107 Å². The summed E-state index contributed by atoms with van der Waals surface area (Å²) in [6.45, 7) is 4.88. The molecule has 3 saturated heterocycles. The smallest absolute Gasteiger partial charge is 0.327 e. The lowest BCUT2D eigenvalue weighted by molar-refractivity contribution is -0.214. The second-order valence-corrected chi connectivity index (χ2v) is 19.2. The van der Waals surface area contributed by atoms with Crippen LogP contribution in [0.25, 0.3) is 6.08 Å². The van der Waals surface area contributed by atoms with Crippen LogP contribution in [0.15, 0.2) is 121 Å². The topological polar surface area (TPSA) is 173 Å². The number of likely N-dealkylation sites (N-methyl/N-ethyl adjacent to an activating group) is 2. The third-order valence-corrected chi connectivity index (χ3v) is 13.1. The SMILES string of the molecule is CN(C)C(=O)C=Cc1ccc(CN2OC3C4OC(c5ccccc5)(c5ccccc5)OC4C4CC3(C(=O)N(C)C(Cc3ccccc3)C(=O)NC(CO)CCC(=O)OC(C)(C)C)C2C(=O)O4)cc1. The highest BCUT2D eigenvalue weighted by atomic mass is 16.8. The first-order valence-electron chi connectivity index (χ1n) is 23.1. The van der Waals surface area contributed by atoms with E-state index in [4.69, 9.17) is 23.8 Å². The Morgan fingerprint density at radius 1 is 0.853 bits per heavy atom. The quantitative estimate of drug-likeness (QED) is 0.115. The van der Waals surface area contributed by atoms with Crippen molar-refractivity contribution >= 4 is 35.7 Å². The van der Waals surface area contributed by atoms with E-state index in [1.54, 1.807) is 48.0 Å². The second-order valence-electron chi connectivity index (χ2n) is 19.2. The number of nitrogens with zero attached hydrogens (tertiary/aromatic N) is 3. The molecule has 15 nitrogen and oxygen atoms in total. The minimum atomic E-state index is -1.65. The lowest BCUT2D eigenvalue weighted by atomic mass is 9.62. The highest BCUT2D eigenvalue weighted by Gasteiger charge is 2.77. The fourth-order valence-corrected chi connectivity index (χ4v) is 9.80. The summed E-state index contributed by atoms with van der Waals surface area (Å²) in [5.74, 6) is -3.89. The fraction of sp³-hybridized carbons (Fsp3) is 0.415. The Morgan fingerprint density at radius 3 is 2.04 bits per heavy atom. The van der Waals surface area contributed by atoms with Gasteiger partial charge in [-0.1, -0.05) is 115 Å². The molecule has 0 aromatic heterocycles. The van der Waals surface area contributed by atoms with Crippen LogP contribution in [0.4, 0.5) is 0 Å². The number of nitrogens with one attached hydrogen (secondary N) is 1. The number of benzene rings is 4. The van der Waals surface area contributed by atoms with Crippen molar-refractivity contribution < 1.29 is 52.9 Å². The number of fused-ring (bicyclic) bond motifs is 4. The zero-order valence-electron chi connectivity index (χ0n) is 39.3. The number of rotatable bonds is 16. The van der Waals surface area contributed by atoms with Crippen molar-refractivity contribution in [1.82, 2.24) is 20.2 Å². The summed E-state index contributed by atoms with van der Waals surface area (Å²) >= 11 is 0. The number of carbonyl (C=O) groups is 5. The Morgan fingerprint density at radius 2 is 1.46 bits per heavy atom. The van der Waals surface area contributed by atoms with Crippen LogP contribution in [0.3, 0.4) is 0 Å². The van der Waals surface area contributed by atoms with Crippen molar-refractivity contribution in [2.75, 3.05) is 27.7 Å². The number of hydroxylamine groups is 2. The van der Waals surface area contributed by atoms with Gasteiger partial charge in [-0.05, 0) is 50.0 Å². The van der Waals surface area contributed by atoms with Crippen molar-refractivity contribution in [2.24, 2.45) is 5.41 Å². The summed E-state index contributed by atoms with van der Waals surface area (Å²) in [4.78, 5) is 80.0. The van der Waals surface area contributed by atoms with Gasteiger partial charge in [0.1, 0.15) is 41.5 Å². The van der Waals surface area contributed by atoms with Gasteiger partial charge < -0.3 is 39.2 Å². The second kappa shape index (κ2) is 19.8. The Bertz CT molecular complexity index is 2440. The molecule has 1 aliphatic carbocycles. The zero-order valence-corrected chi connectivity index (χ0v) is 39.3. The van der Waals surface area contributed by atoms with E-state index in [9.17, 15) is 24.3 Å². The van der Waals surface area contributed by atoms with Gasteiger partial charge in [0.15, 0.2) is 6.04 Å². The number of amides is 3. The predicted molar refractivity (Wildman–Crippen MR) is 250 cm³/mol. The lowest BCUT2D eigenvalue weighted by Gasteiger charge is -2.50. The maximum atomic E-state index is 16.0. The minimum Gasteiger partial charge on any atom is -0.460 e. The van der Waals surface area contributed by atoms with E-state index >= 15 is 4.79 Å². The minimum absolute atomic E-state index is 0.00357. The standard InChI is InChI=1S/C53H60N4O11/c1-51(2,3)65-43(60)29-27-39(33-58)54-48(61)40(30-35-16-10-7-11-17-35)56(6)50(63)52-31-41-44-45(67-53(66-44,37-18-12-8-13-19-37)38-20-14-9-15-21-38)47(52)68-57(46(52)49(62)64-41)32-36-24-22-34(23-25-36)26-28-42(59)55(4)5/h7-26,28,39-41,44-47,58H,27,29-33H2,1-6H3,(H,54,61). The molecule has 4 aliphatic rings. The molecule has 68 heavy (non-hydrogen) atoms. The molecule has 8 rings (SSSR count). The first-order valence-corrected chi connectivity index (χ1v) is 23.1. The van der Waals surface area contributed by atoms with Crippen LogP contribution < -0.4 is 5.32 Å². The van der Waals surface area contributed by atoms with Gasteiger partial charge in [0.2, 0.25) is 23.5 Å². The van der Waals surface area contributed by atoms with Crippen LogP contribution >= 0.6 is 0 Å². The molecular formula is C53H60N4O11. The molecule has 0 spiro atoms. The van der Waals surface area contributed by atoms with E-state index in [0.717, 1.165) is 16.7 Å². The average Bonchev–Trinajstić information content (AvgIpc) is 3.91. The first-order chi connectivity index (χ1) is 32.5. The molecule has 15 heteroatoms. The fourth-order valence-electron chi connectivity index (χ4n) is 9.80. The summed E-state index contributed by atoms with van der Waals surface area (Å²) in [6, 6.07) is 32.3. The van der Waals surface area contributed by atoms with Gasteiger partial charge >= 0.3 is 11.9 Å². The molecule has 4 fully saturated rings. The van der Waals surface area contributed by atoms with Crippen LogP contribution in [0.2, 0.25) is 0 Å². The molecule has 2 N–H and O–H groups in total. The zero-order chi connectivity index (χ0) is 48.4. The van der Waals surface area contributed by atoms with Gasteiger partial charge in [0.05, 0.1) is 19.2 Å². The summed E-state index contributed by atoms with van der Waals surface area (Å²) in [6.07, 6.45) is -0.572. The average molecular weight is 929 g/mol. The number of aliphatic hydroxyl groups excluding tert-OH is 1. The molecule has 3 aliphatic heterocycles. The summed E-state index contributed by atoms with van der Waals surface area (Å²) in [5.41, 5.74) is 1.31. The van der Waals surface area contributed by atoms with Crippen LogP contribution in [-0.4, -0.2) is 126 Å². The van der Waals surface area contributed by atoms with Gasteiger partial charge in [-0.2, -0.15) is 5.06 Å². The molecule has 3 heterocycles. The van der Waals surface area contributed by atoms with Gasteiger partial charge in [0, 0.05) is 57.6 Å². The predicted octanol–water partition coefficient (Wildman–Crippen LogP) is 4.94. The molecule has 4 aromatic rings. The molecular weight excluding hydrogens is 869 g/mol. The van der Waals surface area contributed by atoms with Crippen LogP contribution in [0.1, 0.15) is 67.9 Å². The number of carbonyl (C=O) groups excluding carboxylic acids is 5. The molecule has 3 amide bonds. The van der Waals surface area contributed by atoms with E-state index < -0.39 is 89.7 Å². The van der Waals surface area contributed by atoms with Gasteiger partial charge in [-0.25, -0.2) is 0 Å². The normalized spacial score (nSPS) is 24.6. The van der Waals surface area contributed by atoms with Gasteiger partial charge in [0.25, 0.3) is 0 Å². The first kappa shape index (κ1) is 48.2. The van der Waals surface area contributed by atoms with Crippen LogP contribution in [-0.2, 0) is 66.5 Å². The number of esters is 2. The third kappa shape index (κ3) is 9.72. The van der Waals surface area contributed by atoms with Crippen LogP contribution in [0.5, 0.6) is 0 Å². The van der Waals surface area contributed by atoms with Crippen molar-refractivity contribution in [3.8, 4) is 0 Å². The third-order valence-electron chi connectivity index (χ3n) is 13.1. The molecule has 358 valence electrons. The highest BCUT2D eigenvalue weighted by Crippen LogP contribution is 2.59. The Kier molecular flexibility index (Phi) is 14.0. The maximum absolute atomic E-state index is 16.0. The van der Waals surface area contributed by atoms with E-state index in [1.807, 2.05) is 115 Å². The number of ether oxygens (including phenoxy) is 4. The highest BCUT2D eigenvalue weighted by molar-refractivity contribution is 5.96. The van der Waals surface area contributed by atoms with Crippen LogP contribution in [0, 0.1) is 5.41 Å². The van der Waals surface area contributed by atoms with Crippen molar-refractivity contribution in [3.05, 3.63) is 149 Å². The van der Waals surface area contributed by atoms with Crippen molar-refractivity contribution in [3.63, 3.8) is 0 Å². The monoisotopic (exact) mass is 928 g/mol. The lowest BCUT2D eigenvalue weighted by Crippen LogP contribution is -2.70. The summed E-state index contributed by atoms with van der Waals surface area (Å²) < 4.78 is 26.0. The molecule has 2 bridgehead atoms. The summed E-state index contributed by atoms with van der Waals surface area (Å²) in [5, 5.41) is 14.8. The number of aliphatic hydroxyl groups is 1. The van der Waals surface area contributed by atoms with Gasteiger partial charge in [-0.3, -0.25) is 28.8 Å². The van der Waals surface area contributed by atoms with E-state index in [0.29, 0.717) is 11.1 Å².